The minimum atomic E-state index is -0.0844. The van der Waals surface area contributed by atoms with Crippen molar-refractivity contribution in [2.45, 2.75) is 6.42 Å². The smallest absolute Gasteiger partial charge is 0.291 e. The monoisotopic (exact) mass is 350 g/mol. The van der Waals surface area contributed by atoms with Crippen molar-refractivity contribution in [1.82, 2.24) is 19.8 Å². The zero-order chi connectivity index (χ0) is 17.9. The Balaban J connectivity index is 1.57. The van der Waals surface area contributed by atoms with Gasteiger partial charge in [-0.2, -0.15) is 0 Å². The van der Waals surface area contributed by atoms with Crippen molar-refractivity contribution >= 4 is 16.7 Å². The first kappa shape index (κ1) is 16.7. The molecule has 0 spiro atoms. The second-order valence-electron chi connectivity index (χ2n) is 6.97. The summed E-state index contributed by atoms with van der Waals surface area (Å²) >= 11 is 0. The maximum absolute atomic E-state index is 12.7. The highest BCUT2D eigenvalue weighted by atomic mass is 16.3. The van der Waals surface area contributed by atoms with Crippen LogP contribution in [0.2, 0.25) is 0 Å². The summed E-state index contributed by atoms with van der Waals surface area (Å²) in [7, 11) is 2.11. The van der Waals surface area contributed by atoms with Crippen LogP contribution in [0.1, 0.15) is 16.1 Å². The fourth-order valence-electron chi connectivity index (χ4n) is 3.73. The molecule has 4 rings (SSSR count). The van der Waals surface area contributed by atoms with Crippen molar-refractivity contribution in [1.29, 1.82) is 0 Å². The summed E-state index contributed by atoms with van der Waals surface area (Å²) in [5.41, 5.74) is 1.23. The predicted octanol–water partition coefficient (Wildman–Crippen LogP) is 2.47. The number of aromatic nitrogens is 2. The Kier molecular flexibility index (Phi) is 4.67. The van der Waals surface area contributed by atoms with Gasteiger partial charge in [0.15, 0.2) is 6.39 Å². The number of amides is 1. The summed E-state index contributed by atoms with van der Waals surface area (Å²) in [6.07, 6.45) is 7.53. The lowest BCUT2D eigenvalue weighted by Gasteiger charge is -2.23. The summed E-state index contributed by atoms with van der Waals surface area (Å²) < 4.78 is 5.20. The molecule has 1 atom stereocenters. The first-order chi connectivity index (χ1) is 12.7. The van der Waals surface area contributed by atoms with Gasteiger partial charge in [-0.15, -0.1) is 0 Å². The van der Waals surface area contributed by atoms with Crippen LogP contribution < -0.4 is 0 Å². The van der Waals surface area contributed by atoms with Gasteiger partial charge in [-0.05, 0) is 30.3 Å². The average molecular weight is 350 g/mol. The molecule has 0 unspecified atom stereocenters. The van der Waals surface area contributed by atoms with Crippen LogP contribution in [0.15, 0.2) is 53.7 Å². The molecule has 1 saturated heterocycles. The van der Waals surface area contributed by atoms with Crippen LogP contribution in [0.5, 0.6) is 0 Å². The Morgan fingerprint density at radius 1 is 1.15 bits per heavy atom. The lowest BCUT2D eigenvalue weighted by Crippen LogP contribution is -2.36. The highest BCUT2D eigenvalue weighted by Crippen LogP contribution is 2.22. The Bertz CT molecular complexity index is 888. The molecule has 6 nitrogen and oxygen atoms in total. The Morgan fingerprint density at radius 2 is 2.04 bits per heavy atom. The zero-order valence-electron chi connectivity index (χ0n) is 14.8. The molecule has 0 bridgehead atoms. The van der Waals surface area contributed by atoms with Crippen LogP contribution in [-0.4, -0.2) is 58.9 Å². The van der Waals surface area contributed by atoms with Crippen LogP contribution >= 0.6 is 0 Å². The van der Waals surface area contributed by atoms with E-state index < -0.39 is 0 Å². The standard InChI is InChI=1S/C20H22N4O2/c1-23-6-7-24(20(25)19-11-22-14-26-19)13-15(12-23)8-17-10-21-9-16-4-2-3-5-18(16)17/h2-5,9-11,14-15H,6-8,12-13H2,1H3/t15-/m1/s1. The first-order valence-corrected chi connectivity index (χ1v) is 8.88. The minimum absolute atomic E-state index is 0.0844. The summed E-state index contributed by atoms with van der Waals surface area (Å²) in [4.78, 5) is 25.1. The van der Waals surface area contributed by atoms with Crippen molar-refractivity contribution < 1.29 is 9.21 Å². The third kappa shape index (κ3) is 3.46. The largest absolute Gasteiger partial charge is 0.438 e. The quantitative estimate of drug-likeness (QED) is 0.726. The van der Waals surface area contributed by atoms with Crippen LogP contribution in [0.25, 0.3) is 10.8 Å². The van der Waals surface area contributed by atoms with Gasteiger partial charge in [0.1, 0.15) is 0 Å². The number of rotatable bonds is 3. The number of fused-ring (bicyclic) bond motifs is 1. The molecule has 134 valence electrons. The van der Waals surface area contributed by atoms with Gasteiger partial charge in [-0.3, -0.25) is 9.78 Å². The molecule has 3 aromatic rings. The Labute approximate surface area is 152 Å². The van der Waals surface area contributed by atoms with Crippen LogP contribution in [0.4, 0.5) is 0 Å². The molecule has 3 heterocycles. The van der Waals surface area contributed by atoms with Gasteiger partial charge in [0.2, 0.25) is 5.76 Å². The number of nitrogens with zero attached hydrogens (tertiary/aromatic N) is 4. The zero-order valence-corrected chi connectivity index (χ0v) is 14.8. The van der Waals surface area contributed by atoms with E-state index in [2.05, 4.69) is 40.1 Å². The number of likely N-dealkylation sites (N-methyl/N-ethyl adjacent to an activating group) is 1. The lowest BCUT2D eigenvalue weighted by atomic mass is 9.96. The number of carbonyl (C=O) groups excluding carboxylic acids is 1. The molecule has 6 heteroatoms. The fourth-order valence-corrected chi connectivity index (χ4v) is 3.73. The van der Waals surface area contributed by atoms with Gasteiger partial charge in [0.25, 0.3) is 5.91 Å². The number of carbonyl (C=O) groups is 1. The van der Waals surface area contributed by atoms with Gasteiger partial charge in [0.05, 0.1) is 6.20 Å². The fraction of sp³-hybridized carbons (Fsp3) is 0.350. The molecule has 1 aromatic carbocycles. The highest BCUT2D eigenvalue weighted by Gasteiger charge is 2.27. The minimum Gasteiger partial charge on any atom is -0.438 e. The normalized spacial score (nSPS) is 18.8. The molecule has 1 fully saturated rings. The number of oxazole rings is 1. The summed E-state index contributed by atoms with van der Waals surface area (Å²) in [5.74, 6) is 0.556. The van der Waals surface area contributed by atoms with E-state index in [-0.39, 0.29) is 5.91 Å². The molecule has 0 N–H and O–H groups in total. The molecular formula is C20H22N4O2. The average Bonchev–Trinajstić information content (AvgIpc) is 3.13. The van der Waals surface area contributed by atoms with Gasteiger partial charge < -0.3 is 14.2 Å². The van der Waals surface area contributed by atoms with Crippen LogP contribution in [-0.2, 0) is 6.42 Å². The molecule has 2 aromatic heterocycles. The molecule has 0 radical (unpaired) electrons. The van der Waals surface area contributed by atoms with E-state index >= 15 is 0 Å². The molecule has 0 saturated carbocycles. The van der Waals surface area contributed by atoms with Gasteiger partial charge in [-0.1, -0.05) is 24.3 Å². The van der Waals surface area contributed by atoms with Crippen LogP contribution in [0, 0.1) is 5.92 Å². The molecule has 1 aliphatic heterocycles. The lowest BCUT2D eigenvalue weighted by molar-refractivity contribution is 0.0714. The van der Waals surface area contributed by atoms with Crippen molar-refractivity contribution in [2.75, 3.05) is 33.2 Å². The van der Waals surface area contributed by atoms with E-state index in [9.17, 15) is 4.79 Å². The summed E-state index contributed by atoms with van der Waals surface area (Å²) in [5, 5.41) is 2.39. The second kappa shape index (κ2) is 7.25. The first-order valence-electron chi connectivity index (χ1n) is 8.88. The van der Waals surface area contributed by atoms with Crippen LogP contribution in [0.3, 0.4) is 0 Å². The van der Waals surface area contributed by atoms with E-state index in [1.807, 2.05) is 23.4 Å². The predicted molar refractivity (Wildman–Crippen MR) is 98.8 cm³/mol. The van der Waals surface area contributed by atoms with Crippen molar-refractivity contribution in [3.63, 3.8) is 0 Å². The Morgan fingerprint density at radius 3 is 2.88 bits per heavy atom. The maximum Gasteiger partial charge on any atom is 0.291 e. The summed E-state index contributed by atoms with van der Waals surface area (Å²) in [6, 6.07) is 8.32. The third-order valence-electron chi connectivity index (χ3n) is 4.99. The van der Waals surface area contributed by atoms with E-state index in [1.54, 1.807) is 0 Å². The Hall–Kier alpha value is -2.73. The van der Waals surface area contributed by atoms with E-state index in [1.165, 1.54) is 23.5 Å². The van der Waals surface area contributed by atoms with Gasteiger partial charge in [-0.25, -0.2) is 4.98 Å². The number of hydrogen-bond acceptors (Lipinski definition) is 5. The van der Waals surface area contributed by atoms with E-state index in [0.29, 0.717) is 24.8 Å². The highest BCUT2D eigenvalue weighted by molar-refractivity contribution is 5.91. The number of pyridine rings is 1. The molecule has 1 aliphatic rings. The number of benzene rings is 1. The van der Waals surface area contributed by atoms with E-state index in [0.717, 1.165) is 24.9 Å². The maximum atomic E-state index is 12.7. The van der Waals surface area contributed by atoms with Gasteiger partial charge >= 0.3 is 0 Å². The summed E-state index contributed by atoms with van der Waals surface area (Å²) in [6.45, 7) is 3.20. The molecule has 26 heavy (non-hydrogen) atoms. The molecule has 1 amide bonds. The van der Waals surface area contributed by atoms with Crippen molar-refractivity contribution in [3.8, 4) is 0 Å². The molecular weight excluding hydrogens is 328 g/mol. The topological polar surface area (TPSA) is 62.5 Å². The van der Waals surface area contributed by atoms with Crippen molar-refractivity contribution in [2.24, 2.45) is 5.92 Å². The van der Waals surface area contributed by atoms with E-state index in [4.69, 9.17) is 4.42 Å². The second-order valence-corrected chi connectivity index (χ2v) is 6.97. The third-order valence-corrected chi connectivity index (χ3v) is 4.99. The van der Waals surface area contributed by atoms with Gasteiger partial charge in [0, 0.05) is 44.0 Å². The SMILES string of the molecule is CN1CCN(C(=O)c2cnco2)C[C@H](Cc2cncc3ccccc23)C1. The van der Waals surface area contributed by atoms with Crippen molar-refractivity contribution in [3.05, 3.63) is 60.6 Å². The number of hydrogen-bond donors (Lipinski definition) is 0. The molecule has 0 aliphatic carbocycles.